The van der Waals surface area contributed by atoms with E-state index in [2.05, 4.69) is 10.5 Å². The summed E-state index contributed by atoms with van der Waals surface area (Å²) in [5.74, 6) is 0.0301. The lowest BCUT2D eigenvalue weighted by molar-refractivity contribution is -0.384. The van der Waals surface area contributed by atoms with Crippen molar-refractivity contribution >= 4 is 17.4 Å². The first-order chi connectivity index (χ1) is 12.9. The van der Waals surface area contributed by atoms with Crippen LogP contribution in [0.2, 0.25) is 0 Å². The molecule has 0 fully saturated rings. The minimum absolute atomic E-state index is 0.0838. The summed E-state index contributed by atoms with van der Waals surface area (Å²) in [5.41, 5.74) is -0.415. The SMILES string of the molecule is Cc1cc(NC(=O)c2cccn(OCc3cccc([N+](=O)[O-])c3)c2=O)no1. The highest BCUT2D eigenvalue weighted by molar-refractivity contribution is 6.03. The fourth-order valence-electron chi connectivity index (χ4n) is 2.26. The lowest BCUT2D eigenvalue weighted by Crippen LogP contribution is -2.32. The van der Waals surface area contributed by atoms with E-state index >= 15 is 0 Å². The van der Waals surface area contributed by atoms with Crippen LogP contribution in [-0.4, -0.2) is 20.7 Å². The number of aromatic nitrogens is 2. The molecule has 3 rings (SSSR count). The van der Waals surface area contributed by atoms with Gasteiger partial charge in [0.1, 0.15) is 17.9 Å². The van der Waals surface area contributed by atoms with Gasteiger partial charge in [-0.2, -0.15) is 4.73 Å². The molecule has 2 heterocycles. The van der Waals surface area contributed by atoms with Gasteiger partial charge in [0.2, 0.25) is 0 Å². The second-order valence-electron chi connectivity index (χ2n) is 5.53. The number of carbonyl (C=O) groups excluding carboxylic acids is 1. The summed E-state index contributed by atoms with van der Waals surface area (Å²) >= 11 is 0. The fourth-order valence-corrected chi connectivity index (χ4v) is 2.26. The number of hydrogen-bond acceptors (Lipinski definition) is 7. The molecule has 3 aromatic rings. The minimum Gasteiger partial charge on any atom is -0.406 e. The summed E-state index contributed by atoms with van der Waals surface area (Å²) in [4.78, 5) is 40.3. The second kappa shape index (κ2) is 7.52. The van der Waals surface area contributed by atoms with Gasteiger partial charge in [-0.1, -0.05) is 17.3 Å². The summed E-state index contributed by atoms with van der Waals surface area (Å²) in [5, 5.41) is 16.9. The van der Waals surface area contributed by atoms with Crippen molar-refractivity contribution in [1.29, 1.82) is 0 Å². The average molecular weight is 370 g/mol. The molecular formula is C17H14N4O6. The van der Waals surface area contributed by atoms with Gasteiger partial charge >= 0.3 is 0 Å². The molecule has 10 nitrogen and oxygen atoms in total. The maximum absolute atomic E-state index is 12.4. The van der Waals surface area contributed by atoms with E-state index in [0.29, 0.717) is 11.3 Å². The summed E-state index contributed by atoms with van der Waals surface area (Å²) in [6.07, 6.45) is 1.34. The predicted molar refractivity (Wildman–Crippen MR) is 93.3 cm³/mol. The molecule has 0 saturated carbocycles. The Balaban J connectivity index is 1.75. The number of rotatable bonds is 6. The van der Waals surface area contributed by atoms with Crippen molar-refractivity contribution < 1.29 is 19.1 Å². The third-order valence-electron chi connectivity index (χ3n) is 3.52. The van der Waals surface area contributed by atoms with Gasteiger partial charge in [-0.25, -0.2) is 0 Å². The van der Waals surface area contributed by atoms with E-state index in [9.17, 15) is 19.7 Å². The Morgan fingerprint density at radius 2 is 2.15 bits per heavy atom. The standard InChI is InChI=1S/C17H14N4O6/c1-11-8-15(19-27-11)18-16(22)14-6-3-7-20(17(14)23)26-10-12-4-2-5-13(9-12)21(24)25/h2-9H,10H2,1H3,(H,18,19,22). The molecule has 0 aliphatic carbocycles. The number of nitro groups is 1. The molecule has 27 heavy (non-hydrogen) atoms. The van der Waals surface area contributed by atoms with Crippen LogP contribution in [0.1, 0.15) is 21.7 Å². The van der Waals surface area contributed by atoms with Crippen molar-refractivity contribution in [3.8, 4) is 0 Å². The van der Waals surface area contributed by atoms with Crippen LogP contribution < -0.4 is 15.7 Å². The largest absolute Gasteiger partial charge is 0.406 e. The third kappa shape index (κ3) is 4.18. The molecule has 0 saturated heterocycles. The number of nitrogens with one attached hydrogen (secondary N) is 1. The van der Waals surface area contributed by atoms with Crippen molar-refractivity contribution in [2.24, 2.45) is 0 Å². The van der Waals surface area contributed by atoms with Crippen molar-refractivity contribution in [3.63, 3.8) is 0 Å². The smallest absolute Gasteiger partial charge is 0.295 e. The number of aryl methyl sites for hydroxylation is 1. The zero-order chi connectivity index (χ0) is 19.4. The van der Waals surface area contributed by atoms with E-state index < -0.39 is 16.4 Å². The molecule has 138 valence electrons. The van der Waals surface area contributed by atoms with Gasteiger partial charge in [0.15, 0.2) is 5.82 Å². The van der Waals surface area contributed by atoms with Crippen LogP contribution in [-0.2, 0) is 6.61 Å². The molecular weight excluding hydrogens is 356 g/mol. The predicted octanol–water partition coefficient (Wildman–Crippen LogP) is 1.93. The van der Waals surface area contributed by atoms with Gasteiger partial charge in [-0.3, -0.25) is 19.7 Å². The molecule has 1 amide bonds. The molecule has 0 aliphatic heterocycles. The van der Waals surface area contributed by atoms with E-state index in [4.69, 9.17) is 9.36 Å². The minimum atomic E-state index is -0.680. The first-order valence-electron chi connectivity index (χ1n) is 7.77. The van der Waals surface area contributed by atoms with Gasteiger partial charge in [0, 0.05) is 24.4 Å². The molecule has 2 aromatic heterocycles. The number of nitro benzene ring substituents is 1. The van der Waals surface area contributed by atoms with E-state index in [-0.39, 0.29) is 23.7 Å². The van der Waals surface area contributed by atoms with Crippen molar-refractivity contribution in [1.82, 2.24) is 9.89 Å². The Kier molecular flexibility index (Phi) is 4.97. The molecule has 10 heteroatoms. The Morgan fingerprint density at radius 3 is 2.85 bits per heavy atom. The van der Waals surface area contributed by atoms with Crippen molar-refractivity contribution in [2.45, 2.75) is 13.5 Å². The maximum atomic E-state index is 12.4. The Morgan fingerprint density at radius 1 is 1.33 bits per heavy atom. The van der Waals surface area contributed by atoms with Crippen molar-refractivity contribution in [2.75, 3.05) is 5.32 Å². The summed E-state index contributed by atoms with van der Waals surface area (Å²) < 4.78 is 5.74. The first-order valence-corrected chi connectivity index (χ1v) is 7.77. The second-order valence-corrected chi connectivity index (χ2v) is 5.53. The number of anilines is 1. The Hall–Kier alpha value is -3.95. The summed E-state index contributed by atoms with van der Waals surface area (Å²) in [6.45, 7) is 1.58. The van der Waals surface area contributed by atoms with E-state index in [1.54, 1.807) is 13.0 Å². The zero-order valence-corrected chi connectivity index (χ0v) is 14.1. The lowest BCUT2D eigenvalue weighted by Gasteiger charge is -2.09. The van der Waals surface area contributed by atoms with Gasteiger partial charge in [-0.05, 0) is 24.6 Å². The molecule has 0 bridgehead atoms. The van der Waals surface area contributed by atoms with Crippen molar-refractivity contribution in [3.05, 3.63) is 86.0 Å². The third-order valence-corrected chi connectivity index (χ3v) is 3.52. The molecule has 1 aromatic carbocycles. The molecule has 0 aliphatic rings. The van der Waals surface area contributed by atoms with Crippen LogP contribution in [0.4, 0.5) is 11.5 Å². The molecule has 0 radical (unpaired) electrons. The topological polar surface area (TPSA) is 130 Å². The number of benzene rings is 1. The summed E-state index contributed by atoms with van der Waals surface area (Å²) in [6, 6.07) is 10.2. The van der Waals surface area contributed by atoms with Crippen LogP contribution in [0.15, 0.2) is 58.0 Å². The van der Waals surface area contributed by atoms with E-state index in [0.717, 1.165) is 4.73 Å². The summed E-state index contributed by atoms with van der Waals surface area (Å²) in [7, 11) is 0. The first kappa shape index (κ1) is 17.9. The van der Waals surface area contributed by atoms with E-state index in [1.807, 2.05) is 0 Å². The van der Waals surface area contributed by atoms with Crippen LogP contribution >= 0.6 is 0 Å². The lowest BCUT2D eigenvalue weighted by atomic mass is 10.2. The highest BCUT2D eigenvalue weighted by Gasteiger charge is 2.15. The Labute approximate surface area is 152 Å². The highest BCUT2D eigenvalue weighted by Crippen LogP contribution is 2.13. The van der Waals surface area contributed by atoms with Crippen LogP contribution in [0.3, 0.4) is 0 Å². The number of nitrogens with zero attached hydrogens (tertiary/aromatic N) is 3. The van der Waals surface area contributed by atoms with Gasteiger partial charge < -0.3 is 14.7 Å². The molecule has 0 atom stereocenters. The Bertz CT molecular complexity index is 1060. The molecule has 1 N–H and O–H groups in total. The highest BCUT2D eigenvalue weighted by atomic mass is 16.7. The van der Waals surface area contributed by atoms with Gasteiger partial charge in [-0.15, -0.1) is 0 Å². The van der Waals surface area contributed by atoms with Crippen LogP contribution in [0.5, 0.6) is 0 Å². The molecule has 0 spiro atoms. The number of carbonyl (C=O) groups is 1. The quantitative estimate of drug-likeness (QED) is 0.518. The average Bonchev–Trinajstić information content (AvgIpc) is 3.05. The van der Waals surface area contributed by atoms with Crippen LogP contribution in [0, 0.1) is 17.0 Å². The zero-order valence-electron chi connectivity index (χ0n) is 14.1. The monoisotopic (exact) mass is 370 g/mol. The fraction of sp³-hybridized carbons (Fsp3) is 0.118. The number of non-ortho nitro benzene ring substituents is 1. The number of amides is 1. The van der Waals surface area contributed by atoms with Crippen LogP contribution in [0.25, 0.3) is 0 Å². The van der Waals surface area contributed by atoms with E-state index in [1.165, 1.54) is 42.6 Å². The van der Waals surface area contributed by atoms with Gasteiger partial charge in [0.05, 0.1) is 4.92 Å². The number of hydrogen-bond donors (Lipinski definition) is 1. The number of pyridine rings is 1. The maximum Gasteiger partial charge on any atom is 0.295 e. The van der Waals surface area contributed by atoms with Gasteiger partial charge in [0.25, 0.3) is 17.2 Å². The normalized spacial score (nSPS) is 10.4. The molecule has 0 unspecified atom stereocenters.